The minimum Gasteiger partial charge on any atom is -0.491 e. The molecule has 1 aliphatic rings. The second kappa shape index (κ2) is 5.98. The van der Waals surface area contributed by atoms with Crippen LogP contribution in [0, 0.1) is 0 Å². The lowest BCUT2D eigenvalue weighted by molar-refractivity contribution is 0.101. The second-order valence-corrected chi connectivity index (χ2v) is 4.75. The van der Waals surface area contributed by atoms with Crippen molar-refractivity contribution < 1.29 is 9.53 Å². The largest absolute Gasteiger partial charge is 0.491 e. The molecule has 0 amide bonds. The monoisotopic (exact) mass is 248 g/mol. The molecule has 0 radical (unpaired) electrons. The predicted molar refractivity (Wildman–Crippen MR) is 71.0 cm³/mol. The molecule has 1 heterocycles. The summed E-state index contributed by atoms with van der Waals surface area (Å²) in [6, 6.07) is 7.67. The van der Waals surface area contributed by atoms with Crippen LogP contribution in [0.1, 0.15) is 23.7 Å². The number of hydrogen-bond donors (Lipinski definition) is 1. The van der Waals surface area contributed by atoms with Crippen molar-refractivity contribution in [2.45, 2.75) is 19.4 Å². The molecule has 1 fully saturated rings. The molecule has 4 heteroatoms. The number of likely N-dealkylation sites (tertiary alicyclic amines) is 1. The summed E-state index contributed by atoms with van der Waals surface area (Å²) in [5.74, 6) is 0.710. The number of rotatable bonds is 5. The lowest BCUT2D eigenvalue weighted by Gasteiger charge is -2.16. The molecule has 1 saturated heterocycles. The van der Waals surface area contributed by atoms with E-state index in [1.807, 2.05) is 18.2 Å². The van der Waals surface area contributed by atoms with Gasteiger partial charge in [-0.3, -0.25) is 9.69 Å². The van der Waals surface area contributed by atoms with Gasteiger partial charge in [0, 0.05) is 19.1 Å². The van der Waals surface area contributed by atoms with Gasteiger partial charge >= 0.3 is 0 Å². The lowest BCUT2D eigenvalue weighted by atomic mass is 10.1. The summed E-state index contributed by atoms with van der Waals surface area (Å²) in [6.45, 7) is 5.00. The van der Waals surface area contributed by atoms with Gasteiger partial charge in [-0.15, -0.1) is 0 Å². The Morgan fingerprint density at radius 3 is 2.94 bits per heavy atom. The van der Waals surface area contributed by atoms with Gasteiger partial charge in [0.25, 0.3) is 0 Å². The van der Waals surface area contributed by atoms with Gasteiger partial charge in [0.1, 0.15) is 12.4 Å². The molecule has 1 aliphatic heterocycles. The number of nitrogens with zero attached hydrogens (tertiary/aromatic N) is 1. The van der Waals surface area contributed by atoms with E-state index >= 15 is 0 Å². The molecule has 0 saturated carbocycles. The number of ketones is 1. The first-order valence-corrected chi connectivity index (χ1v) is 6.37. The van der Waals surface area contributed by atoms with Gasteiger partial charge in [-0.05, 0) is 32.0 Å². The normalized spacial score (nSPS) is 20.0. The van der Waals surface area contributed by atoms with Gasteiger partial charge in [0.2, 0.25) is 0 Å². The fraction of sp³-hybridized carbons (Fsp3) is 0.500. The van der Waals surface area contributed by atoms with E-state index in [4.69, 9.17) is 10.5 Å². The molecule has 0 spiro atoms. The molecular formula is C14H20N2O2. The van der Waals surface area contributed by atoms with Crippen LogP contribution in [-0.2, 0) is 0 Å². The fourth-order valence-electron chi connectivity index (χ4n) is 2.23. The molecule has 0 bridgehead atoms. The van der Waals surface area contributed by atoms with Crippen LogP contribution in [0.3, 0.4) is 0 Å². The Morgan fingerprint density at radius 2 is 2.28 bits per heavy atom. The number of ether oxygens (including phenoxy) is 1. The van der Waals surface area contributed by atoms with E-state index in [1.165, 1.54) is 0 Å². The van der Waals surface area contributed by atoms with Gasteiger partial charge < -0.3 is 10.5 Å². The minimum absolute atomic E-state index is 0.0359. The highest BCUT2D eigenvalue weighted by Crippen LogP contribution is 2.18. The van der Waals surface area contributed by atoms with E-state index in [9.17, 15) is 4.79 Å². The highest BCUT2D eigenvalue weighted by atomic mass is 16.5. The van der Waals surface area contributed by atoms with E-state index in [-0.39, 0.29) is 5.78 Å². The summed E-state index contributed by atoms with van der Waals surface area (Å²) >= 11 is 0. The lowest BCUT2D eigenvalue weighted by Crippen LogP contribution is -2.29. The molecule has 1 unspecified atom stereocenters. The molecule has 2 N–H and O–H groups in total. The van der Waals surface area contributed by atoms with E-state index in [1.54, 1.807) is 13.0 Å². The summed E-state index contributed by atoms with van der Waals surface area (Å²) in [6.07, 6.45) is 1.06. The SMILES string of the molecule is CC(=O)c1ccccc1OCCN1CCC(N)C1. The highest BCUT2D eigenvalue weighted by Gasteiger charge is 2.18. The van der Waals surface area contributed by atoms with Crippen molar-refractivity contribution in [2.24, 2.45) is 5.73 Å². The number of para-hydroxylation sites is 1. The zero-order valence-electron chi connectivity index (χ0n) is 10.8. The first-order valence-electron chi connectivity index (χ1n) is 6.37. The summed E-state index contributed by atoms with van der Waals surface area (Å²) < 4.78 is 5.69. The highest BCUT2D eigenvalue weighted by molar-refractivity contribution is 5.96. The maximum Gasteiger partial charge on any atom is 0.163 e. The van der Waals surface area contributed by atoms with E-state index in [0.29, 0.717) is 24.0 Å². The number of hydrogen-bond acceptors (Lipinski definition) is 4. The van der Waals surface area contributed by atoms with Gasteiger partial charge in [0.15, 0.2) is 5.78 Å². The topological polar surface area (TPSA) is 55.6 Å². The van der Waals surface area contributed by atoms with Crippen LogP contribution in [0.25, 0.3) is 0 Å². The summed E-state index contributed by atoms with van der Waals surface area (Å²) in [5, 5.41) is 0. The Bertz CT molecular complexity index is 420. The Balaban J connectivity index is 1.85. The van der Waals surface area contributed by atoms with Crippen LogP contribution >= 0.6 is 0 Å². The van der Waals surface area contributed by atoms with Gasteiger partial charge in [-0.2, -0.15) is 0 Å². The average Bonchev–Trinajstić information content (AvgIpc) is 2.75. The molecule has 1 atom stereocenters. The van der Waals surface area contributed by atoms with Gasteiger partial charge in [0.05, 0.1) is 5.56 Å². The zero-order chi connectivity index (χ0) is 13.0. The van der Waals surface area contributed by atoms with Gasteiger partial charge in [-0.1, -0.05) is 12.1 Å². The molecular weight excluding hydrogens is 228 g/mol. The van der Waals surface area contributed by atoms with Crippen molar-refractivity contribution in [3.8, 4) is 5.75 Å². The van der Waals surface area contributed by atoms with Crippen molar-refractivity contribution in [3.63, 3.8) is 0 Å². The van der Waals surface area contributed by atoms with Crippen molar-refractivity contribution in [2.75, 3.05) is 26.2 Å². The van der Waals surface area contributed by atoms with Gasteiger partial charge in [-0.25, -0.2) is 0 Å². The van der Waals surface area contributed by atoms with Crippen molar-refractivity contribution in [1.29, 1.82) is 0 Å². The first kappa shape index (κ1) is 13.1. The number of carbonyl (C=O) groups excluding carboxylic acids is 1. The van der Waals surface area contributed by atoms with Crippen LogP contribution in [0.5, 0.6) is 5.75 Å². The maximum absolute atomic E-state index is 11.4. The van der Waals surface area contributed by atoms with E-state index in [2.05, 4.69) is 4.90 Å². The first-order chi connectivity index (χ1) is 8.66. The summed E-state index contributed by atoms with van der Waals surface area (Å²) in [4.78, 5) is 13.7. The van der Waals surface area contributed by atoms with E-state index < -0.39 is 0 Å². The van der Waals surface area contributed by atoms with Crippen molar-refractivity contribution in [3.05, 3.63) is 29.8 Å². The predicted octanol–water partition coefficient (Wildman–Crippen LogP) is 1.30. The molecule has 4 nitrogen and oxygen atoms in total. The Labute approximate surface area is 108 Å². The molecule has 18 heavy (non-hydrogen) atoms. The molecule has 0 aromatic heterocycles. The third-order valence-corrected chi connectivity index (χ3v) is 3.24. The molecule has 0 aliphatic carbocycles. The Morgan fingerprint density at radius 1 is 1.50 bits per heavy atom. The molecule has 1 aromatic rings. The van der Waals surface area contributed by atoms with Crippen molar-refractivity contribution >= 4 is 5.78 Å². The molecule has 2 rings (SSSR count). The molecule has 98 valence electrons. The third kappa shape index (κ3) is 3.31. The van der Waals surface area contributed by atoms with Crippen LogP contribution in [-0.4, -0.2) is 43.0 Å². The standard InChI is InChI=1S/C14H20N2O2/c1-11(17)13-4-2-3-5-14(13)18-9-8-16-7-6-12(15)10-16/h2-5,12H,6-10,15H2,1H3. The third-order valence-electron chi connectivity index (χ3n) is 3.24. The minimum atomic E-state index is 0.0359. The fourth-order valence-corrected chi connectivity index (χ4v) is 2.23. The number of benzene rings is 1. The quantitative estimate of drug-likeness (QED) is 0.798. The summed E-state index contributed by atoms with van der Waals surface area (Å²) in [5.41, 5.74) is 6.49. The smallest absolute Gasteiger partial charge is 0.163 e. The Hall–Kier alpha value is -1.39. The maximum atomic E-state index is 11.4. The van der Waals surface area contributed by atoms with E-state index in [0.717, 1.165) is 26.1 Å². The van der Waals surface area contributed by atoms with Crippen LogP contribution in [0.4, 0.5) is 0 Å². The van der Waals surface area contributed by atoms with Crippen LogP contribution in [0.15, 0.2) is 24.3 Å². The number of carbonyl (C=O) groups is 1. The second-order valence-electron chi connectivity index (χ2n) is 4.75. The molecule has 1 aromatic carbocycles. The zero-order valence-corrected chi connectivity index (χ0v) is 10.8. The van der Waals surface area contributed by atoms with Crippen molar-refractivity contribution in [1.82, 2.24) is 4.90 Å². The number of nitrogens with two attached hydrogens (primary N) is 1. The van der Waals surface area contributed by atoms with Crippen LogP contribution in [0.2, 0.25) is 0 Å². The summed E-state index contributed by atoms with van der Waals surface area (Å²) in [7, 11) is 0. The van der Waals surface area contributed by atoms with Crippen LogP contribution < -0.4 is 10.5 Å². The average molecular weight is 248 g/mol. The Kier molecular flexibility index (Phi) is 4.33. The number of Topliss-reactive ketones (excluding diaryl/α,β-unsaturated/α-hetero) is 1.